The van der Waals surface area contributed by atoms with Crippen molar-refractivity contribution in [1.82, 2.24) is 10.6 Å². The Balaban J connectivity index is 1.36. The molecule has 0 heterocycles. The van der Waals surface area contributed by atoms with Gasteiger partial charge in [-0.2, -0.15) is 0 Å². The molecule has 0 aliphatic heterocycles. The van der Waals surface area contributed by atoms with Crippen LogP contribution in [-0.4, -0.2) is 42.3 Å². The fraction of sp³-hybridized carbons (Fsp3) is 0.576. The molecule has 1 fully saturated rings. The smallest absolute Gasteiger partial charge is 0.338 e. The van der Waals surface area contributed by atoms with E-state index in [1.165, 1.54) is 25.7 Å². The van der Waals surface area contributed by atoms with Crippen molar-refractivity contribution in [3.63, 3.8) is 0 Å². The lowest BCUT2D eigenvalue weighted by molar-refractivity contribution is -0.121. The number of ether oxygens (including phenoxy) is 2. The maximum Gasteiger partial charge on any atom is 0.338 e. The van der Waals surface area contributed by atoms with Crippen LogP contribution < -0.4 is 15.4 Å². The molecule has 3 rings (SSSR count). The Hall–Kier alpha value is -3.06. The Bertz CT molecular complexity index is 1030. The number of nitrogens with one attached hydrogen (secondary N) is 2. The lowest BCUT2D eigenvalue weighted by atomic mass is 9.86. The van der Waals surface area contributed by atoms with E-state index < -0.39 is 0 Å². The predicted octanol–water partition coefficient (Wildman–Crippen LogP) is 6.53. The van der Waals surface area contributed by atoms with Crippen molar-refractivity contribution >= 4 is 11.9 Å². The molecule has 1 aliphatic rings. The third kappa shape index (κ3) is 11.6. The molecule has 40 heavy (non-hydrogen) atoms. The highest BCUT2D eigenvalue weighted by Gasteiger charge is 2.23. The minimum absolute atomic E-state index is 0.0657. The van der Waals surface area contributed by atoms with E-state index in [1.54, 1.807) is 18.2 Å². The molecule has 7 heteroatoms. The van der Waals surface area contributed by atoms with Crippen molar-refractivity contribution in [2.24, 2.45) is 5.92 Å². The molecule has 0 bridgehead atoms. The molecule has 0 spiro atoms. The number of hydrogen-bond acceptors (Lipinski definition) is 6. The highest BCUT2D eigenvalue weighted by atomic mass is 16.5. The average Bonchev–Trinajstić information content (AvgIpc) is 2.97. The molecule has 1 saturated carbocycles. The van der Waals surface area contributed by atoms with Gasteiger partial charge in [0, 0.05) is 25.6 Å². The summed E-state index contributed by atoms with van der Waals surface area (Å²) in [5, 5.41) is 16.9. The number of hydrogen-bond donors (Lipinski definition) is 3. The first-order chi connectivity index (χ1) is 19.4. The number of benzene rings is 2. The van der Waals surface area contributed by atoms with Crippen LogP contribution in [0.1, 0.15) is 100 Å². The van der Waals surface area contributed by atoms with Crippen LogP contribution in [0.5, 0.6) is 11.5 Å². The van der Waals surface area contributed by atoms with Crippen LogP contribution in [0, 0.1) is 5.92 Å². The van der Waals surface area contributed by atoms with Crippen LogP contribution in [0.15, 0.2) is 48.5 Å². The second kappa shape index (κ2) is 17.6. The van der Waals surface area contributed by atoms with E-state index in [2.05, 4.69) is 17.6 Å². The van der Waals surface area contributed by atoms with Crippen molar-refractivity contribution in [3.05, 3.63) is 59.7 Å². The molecule has 0 radical (unpaired) electrons. The Labute approximate surface area is 240 Å². The average molecular weight is 553 g/mol. The van der Waals surface area contributed by atoms with Crippen LogP contribution in [-0.2, 0) is 16.1 Å². The van der Waals surface area contributed by atoms with Crippen LogP contribution in [0.25, 0.3) is 0 Å². The summed E-state index contributed by atoms with van der Waals surface area (Å²) in [6.07, 6.45) is 11.5. The number of rotatable bonds is 17. The fourth-order valence-electron chi connectivity index (χ4n) is 5.17. The van der Waals surface area contributed by atoms with Crippen molar-refractivity contribution in [2.75, 3.05) is 13.2 Å². The molecule has 0 saturated heterocycles. The van der Waals surface area contributed by atoms with Crippen molar-refractivity contribution in [1.29, 1.82) is 0 Å². The third-order valence-electron chi connectivity index (χ3n) is 7.54. The van der Waals surface area contributed by atoms with Crippen molar-refractivity contribution < 1.29 is 24.2 Å². The number of esters is 1. The molecule has 3 N–H and O–H groups in total. The zero-order chi connectivity index (χ0) is 28.6. The van der Waals surface area contributed by atoms with Gasteiger partial charge in [0.05, 0.1) is 12.2 Å². The van der Waals surface area contributed by atoms with Crippen LogP contribution in [0.4, 0.5) is 0 Å². The normalized spacial score (nSPS) is 17.6. The minimum Gasteiger partial charge on any atom is -0.504 e. The van der Waals surface area contributed by atoms with E-state index in [9.17, 15) is 14.7 Å². The molecule has 0 aromatic heterocycles. The fourth-order valence-corrected chi connectivity index (χ4v) is 5.17. The zero-order valence-corrected chi connectivity index (χ0v) is 24.3. The lowest BCUT2D eigenvalue weighted by Gasteiger charge is -2.30. The van der Waals surface area contributed by atoms with Crippen molar-refractivity contribution in [3.8, 4) is 11.5 Å². The van der Waals surface area contributed by atoms with Crippen LogP contribution in [0.2, 0.25) is 0 Å². The molecular formula is C33H48N2O5. The van der Waals surface area contributed by atoms with Gasteiger partial charge < -0.3 is 25.2 Å². The number of phenolic OH excluding ortho intramolecular Hbond substituents is 1. The highest BCUT2D eigenvalue weighted by Crippen LogP contribution is 2.30. The molecule has 2 aromatic rings. The topological polar surface area (TPSA) is 96.9 Å². The summed E-state index contributed by atoms with van der Waals surface area (Å²) in [4.78, 5) is 24.5. The van der Waals surface area contributed by atoms with Gasteiger partial charge in [0.2, 0.25) is 5.91 Å². The highest BCUT2D eigenvalue weighted by molar-refractivity contribution is 5.89. The van der Waals surface area contributed by atoms with Crippen molar-refractivity contribution in [2.45, 2.75) is 103 Å². The van der Waals surface area contributed by atoms with E-state index in [-0.39, 0.29) is 23.7 Å². The Morgan fingerprint density at radius 2 is 1.80 bits per heavy atom. The van der Waals surface area contributed by atoms with Gasteiger partial charge in [-0.15, -0.1) is 0 Å². The monoisotopic (exact) mass is 552 g/mol. The minimum atomic E-state index is -0.302. The number of carbonyl (C=O) groups is 2. The number of carbonyl (C=O) groups excluding carboxylic acids is 2. The summed E-state index contributed by atoms with van der Waals surface area (Å²) in [5.41, 5.74) is 1.47. The van der Waals surface area contributed by atoms with Gasteiger partial charge in [-0.05, 0) is 68.4 Å². The molecule has 1 aliphatic carbocycles. The molecule has 7 nitrogen and oxygen atoms in total. The first-order valence-corrected chi connectivity index (χ1v) is 15.2. The van der Waals surface area contributed by atoms with Gasteiger partial charge in [-0.3, -0.25) is 4.79 Å². The largest absolute Gasteiger partial charge is 0.504 e. The summed E-state index contributed by atoms with van der Waals surface area (Å²) in [7, 11) is 0. The van der Waals surface area contributed by atoms with Crippen LogP contribution >= 0.6 is 0 Å². The van der Waals surface area contributed by atoms with E-state index in [1.807, 2.05) is 37.3 Å². The summed E-state index contributed by atoms with van der Waals surface area (Å²) >= 11 is 0. The second-order valence-electron chi connectivity index (χ2n) is 11.1. The third-order valence-corrected chi connectivity index (χ3v) is 7.54. The van der Waals surface area contributed by atoms with E-state index in [4.69, 9.17) is 9.47 Å². The van der Waals surface area contributed by atoms with Gasteiger partial charge in [0.1, 0.15) is 6.10 Å². The number of amides is 1. The maximum absolute atomic E-state index is 12.3. The van der Waals surface area contributed by atoms with E-state index in [0.29, 0.717) is 49.4 Å². The molecule has 1 amide bonds. The number of phenols is 1. The van der Waals surface area contributed by atoms with Crippen LogP contribution in [0.3, 0.4) is 0 Å². The Kier molecular flexibility index (Phi) is 13.8. The SMILES string of the molecule is CCCCCCCCC(=O)NCc1ccc(O)c(OCC2CCCC(NCC(C)OC(=O)c3ccccc3)C2)c1. The summed E-state index contributed by atoms with van der Waals surface area (Å²) in [6.45, 7) is 5.66. The predicted molar refractivity (Wildman–Crippen MR) is 159 cm³/mol. The zero-order valence-electron chi connectivity index (χ0n) is 24.3. The van der Waals surface area contributed by atoms with Gasteiger partial charge >= 0.3 is 5.97 Å². The summed E-state index contributed by atoms with van der Waals surface area (Å²) in [5.74, 6) is 0.703. The molecule has 3 atom stereocenters. The van der Waals surface area contributed by atoms with Gasteiger partial charge in [0.15, 0.2) is 11.5 Å². The number of aromatic hydroxyl groups is 1. The van der Waals surface area contributed by atoms with E-state index >= 15 is 0 Å². The summed E-state index contributed by atoms with van der Waals surface area (Å²) in [6, 6.07) is 14.7. The molecular weight excluding hydrogens is 504 g/mol. The Morgan fingerprint density at radius 1 is 1.02 bits per heavy atom. The molecule has 2 aromatic carbocycles. The van der Waals surface area contributed by atoms with Gasteiger partial charge in [-0.25, -0.2) is 4.79 Å². The molecule has 3 unspecified atom stereocenters. The first kappa shape index (κ1) is 31.5. The quantitative estimate of drug-likeness (QED) is 0.152. The van der Waals surface area contributed by atoms with Gasteiger partial charge in [-0.1, -0.05) is 69.7 Å². The second-order valence-corrected chi connectivity index (χ2v) is 11.1. The Morgan fingerprint density at radius 3 is 2.60 bits per heavy atom. The lowest BCUT2D eigenvalue weighted by Crippen LogP contribution is -2.40. The van der Waals surface area contributed by atoms with Gasteiger partial charge in [0.25, 0.3) is 0 Å². The standard InChI is InChI=1S/C33H48N2O5/c1-3-4-5-6-7-11-17-32(37)35-23-26-18-19-30(36)31(21-26)39-24-27-13-12-16-29(20-27)34-22-25(2)40-33(38)28-14-9-8-10-15-28/h8-10,14-15,18-19,21,25,27,29,34,36H,3-7,11-13,16-17,20,22-24H2,1-2H3,(H,35,37). The molecule has 220 valence electrons. The first-order valence-electron chi connectivity index (χ1n) is 15.2. The maximum atomic E-state index is 12.3. The number of unbranched alkanes of at least 4 members (excludes halogenated alkanes) is 5. The van der Waals surface area contributed by atoms with E-state index in [0.717, 1.165) is 44.1 Å². The summed E-state index contributed by atoms with van der Waals surface area (Å²) < 4.78 is 11.6.